The van der Waals surface area contributed by atoms with Crippen molar-refractivity contribution in [2.24, 2.45) is 0 Å². The van der Waals surface area contributed by atoms with Crippen molar-refractivity contribution in [1.29, 1.82) is 0 Å². The lowest BCUT2D eigenvalue weighted by atomic mass is 10.1. The summed E-state index contributed by atoms with van der Waals surface area (Å²) in [6.45, 7) is 1.07. The van der Waals surface area contributed by atoms with Gasteiger partial charge in [-0.25, -0.2) is 18.6 Å². The highest BCUT2D eigenvalue weighted by atomic mass is 19.3. The van der Waals surface area contributed by atoms with E-state index < -0.39 is 35.0 Å². The number of carboxylic acid groups (broad SMARTS) is 1. The van der Waals surface area contributed by atoms with Crippen LogP contribution in [0.4, 0.5) is 13.2 Å². The van der Waals surface area contributed by atoms with Gasteiger partial charge in [0, 0.05) is 17.3 Å². The van der Waals surface area contributed by atoms with Gasteiger partial charge >= 0.3 is 5.97 Å². The minimum atomic E-state index is -3.03. The number of aromatic nitrogens is 1. The number of carbonyl (C=O) groups is 1. The summed E-state index contributed by atoms with van der Waals surface area (Å²) in [5.41, 5.74) is -1.91. The molecule has 1 heterocycles. The molecule has 76 valence electrons. The summed E-state index contributed by atoms with van der Waals surface area (Å²) >= 11 is 0. The highest BCUT2D eigenvalue weighted by Crippen LogP contribution is 2.26. The lowest BCUT2D eigenvalue weighted by molar-refractivity contribution is 0.0683. The lowest BCUT2D eigenvalue weighted by Crippen LogP contribution is -2.08. The number of hydrogen-bond acceptors (Lipinski definition) is 2. The first-order valence-electron chi connectivity index (χ1n) is 3.61. The Kier molecular flexibility index (Phi) is 2.73. The van der Waals surface area contributed by atoms with Crippen molar-refractivity contribution >= 4 is 5.97 Å². The molecule has 0 aliphatic heterocycles. The smallest absolute Gasteiger partial charge is 0.337 e. The van der Waals surface area contributed by atoms with Crippen molar-refractivity contribution in [3.8, 4) is 0 Å². The Morgan fingerprint density at radius 1 is 1.57 bits per heavy atom. The molecule has 0 saturated carbocycles. The molecule has 0 aliphatic rings. The van der Waals surface area contributed by atoms with Crippen LogP contribution < -0.4 is 0 Å². The highest BCUT2D eigenvalue weighted by Gasteiger charge is 2.23. The Bertz CT molecular complexity index is 379. The van der Waals surface area contributed by atoms with Crippen LogP contribution in [0, 0.1) is 12.9 Å². The van der Waals surface area contributed by atoms with E-state index in [0.29, 0.717) is 6.20 Å². The summed E-state index contributed by atoms with van der Waals surface area (Å²) in [5, 5.41) is 8.53. The molecule has 0 fully saturated rings. The van der Waals surface area contributed by atoms with Gasteiger partial charge < -0.3 is 5.11 Å². The molecule has 0 unspecified atom stereocenters. The van der Waals surface area contributed by atoms with E-state index >= 15 is 0 Å². The molecule has 0 atom stereocenters. The number of aromatic carboxylic acids is 1. The van der Waals surface area contributed by atoms with Crippen molar-refractivity contribution < 1.29 is 23.1 Å². The number of rotatable bonds is 2. The first kappa shape index (κ1) is 10.5. The van der Waals surface area contributed by atoms with Gasteiger partial charge in [0.05, 0.1) is 5.56 Å². The monoisotopic (exact) mass is 205 g/mol. The van der Waals surface area contributed by atoms with Gasteiger partial charge in [-0.05, 0) is 6.92 Å². The van der Waals surface area contributed by atoms with Gasteiger partial charge in [0.15, 0.2) is 0 Å². The number of nitrogens with zero attached hydrogens (tertiary/aromatic N) is 1. The van der Waals surface area contributed by atoms with Gasteiger partial charge in [0.1, 0.15) is 0 Å². The molecule has 1 aromatic rings. The molecule has 0 aromatic carbocycles. The molecular weight excluding hydrogens is 199 g/mol. The first-order chi connectivity index (χ1) is 6.45. The molecule has 6 heteroatoms. The minimum Gasteiger partial charge on any atom is -0.478 e. The summed E-state index contributed by atoms with van der Waals surface area (Å²) in [6.07, 6.45) is -2.44. The topological polar surface area (TPSA) is 50.2 Å². The molecule has 0 amide bonds. The summed E-state index contributed by atoms with van der Waals surface area (Å²) in [7, 11) is 0. The third kappa shape index (κ3) is 1.68. The Balaban J connectivity index is 3.45. The van der Waals surface area contributed by atoms with Crippen molar-refractivity contribution in [3.05, 3.63) is 28.8 Å². The number of hydrogen-bond donors (Lipinski definition) is 1. The van der Waals surface area contributed by atoms with Crippen LogP contribution in [-0.2, 0) is 0 Å². The molecule has 0 saturated heterocycles. The van der Waals surface area contributed by atoms with Gasteiger partial charge in [-0.2, -0.15) is 4.39 Å². The number of carboxylic acids is 1. The van der Waals surface area contributed by atoms with Crippen LogP contribution in [0.15, 0.2) is 6.20 Å². The average Bonchev–Trinajstić information content (AvgIpc) is 2.08. The molecule has 1 aromatic heterocycles. The Hall–Kier alpha value is -1.59. The third-order valence-electron chi connectivity index (χ3n) is 1.76. The molecular formula is C8H6F3NO2. The molecule has 1 rings (SSSR count). The van der Waals surface area contributed by atoms with Crippen molar-refractivity contribution in [3.63, 3.8) is 0 Å². The Morgan fingerprint density at radius 3 is 2.57 bits per heavy atom. The van der Waals surface area contributed by atoms with Crippen LogP contribution in [0.2, 0.25) is 0 Å². The predicted molar refractivity (Wildman–Crippen MR) is 40.8 cm³/mol. The van der Waals surface area contributed by atoms with Gasteiger partial charge in [0.2, 0.25) is 5.95 Å². The minimum absolute atomic E-state index is 0.431. The second-order valence-electron chi connectivity index (χ2n) is 2.61. The number of alkyl halides is 2. The standard InChI is InChI=1S/C8H6F3NO2/c1-3-5(6(9)10)4(8(13)14)2-12-7(3)11/h2,6H,1H3,(H,13,14). The summed E-state index contributed by atoms with van der Waals surface area (Å²) in [6, 6.07) is 0. The molecule has 0 aliphatic carbocycles. The third-order valence-corrected chi connectivity index (χ3v) is 1.76. The van der Waals surface area contributed by atoms with Crippen LogP contribution in [0.3, 0.4) is 0 Å². The fraction of sp³-hybridized carbons (Fsp3) is 0.250. The van der Waals surface area contributed by atoms with Crippen LogP contribution in [0.25, 0.3) is 0 Å². The first-order valence-corrected chi connectivity index (χ1v) is 3.61. The fourth-order valence-electron chi connectivity index (χ4n) is 1.05. The fourth-order valence-corrected chi connectivity index (χ4v) is 1.05. The molecule has 0 bridgehead atoms. The lowest BCUT2D eigenvalue weighted by Gasteiger charge is -2.08. The van der Waals surface area contributed by atoms with Gasteiger partial charge in [-0.3, -0.25) is 0 Å². The molecule has 14 heavy (non-hydrogen) atoms. The Labute approximate surface area is 77.2 Å². The summed E-state index contributed by atoms with van der Waals surface area (Å²) in [5.74, 6) is -2.62. The van der Waals surface area contributed by atoms with Crippen LogP contribution >= 0.6 is 0 Å². The van der Waals surface area contributed by atoms with E-state index in [2.05, 4.69) is 4.98 Å². The van der Waals surface area contributed by atoms with Crippen molar-refractivity contribution in [1.82, 2.24) is 4.98 Å². The zero-order valence-electron chi connectivity index (χ0n) is 7.09. The van der Waals surface area contributed by atoms with E-state index in [1.165, 1.54) is 0 Å². The van der Waals surface area contributed by atoms with E-state index in [9.17, 15) is 18.0 Å². The zero-order valence-corrected chi connectivity index (χ0v) is 7.09. The maximum Gasteiger partial charge on any atom is 0.337 e. The van der Waals surface area contributed by atoms with Crippen LogP contribution in [0.5, 0.6) is 0 Å². The van der Waals surface area contributed by atoms with E-state index in [1.54, 1.807) is 0 Å². The second-order valence-corrected chi connectivity index (χ2v) is 2.61. The second kappa shape index (κ2) is 3.65. The van der Waals surface area contributed by atoms with Crippen LogP contribution in [0.1, 0.15) is 27.9 Å². The van der Waals surface area contributed by atoms with E-state index in [0.717, 1.165) is 6.92 Å². The molecule has 0 spiro atoms. The maximum atomic E-state index is 12.7. The number of pyridine rings is 1. The Morgan fingerprint density at radius 2 is 2.14 bits per heavy atom. The predicted octanol–water partition coefficient (Wildman–Crippen LogP) is 2.16. The van der Waals surface area contributed by atoms with Gasteiger partial charge in [0.25, 0.3) is 6.43 Å². The average molecular weight is 205 g/mol. The zero-order chi connectivity index (χ0) is 10.9. The molecule has 3 nitrogen and oxygen atoms in total. The summed E-state index contributed by atoms with van der Waals surface area (Å²) < 4.78 is 37.5. The largest absolute Gasteiger partial charge is 0.478 e. The maximum absolute atomic E-state index is 12.7. The quantitative estimate of drug-likeness (QED) is 0.752. The van der Waals surface area contributed by atoms with Crippen molar-refractivity contribution in [2.45, 2.75) is 13.3 Å². The summed E-state index contributed by atoms with van der Waals surface area (Å²) in [4.78, 5) is 13.6. The molecule has 0 radical (unpaired) electrons. The van der Waals surface area contributed by atoms with Gasteiger partial charge in [-0.15, -0.1) is 0 Å². The number of halogens is 3. The van der Waals surface area contributed by atoms with Crippen LogP contribution in [-0.4, -0.2) is 16.1 Å². The van der Waals surface area contributed by atoms with E-state index in [4.69, 9.17) is 5.11 Å². The van der Waals surface area contributed by atoms with E-state index in [-0.39, 0.29) is 0 Å². The van der Waals surface area contributed by atoms with E-state index in [1.807, 2.05) is 0 Å². The van der Waals surface area contributed by atoms with Gasteiger partial charge in [-0.1, -0.05) is 0 Å². The SMILES string of the molecule is Cc1c(F)ncc(C(=O)O)c1C(F)F. The highest BCUT2D eigenvalue weighted by molar-refractivity contribution is 5.89. The van der Waals surface area contributed by atoms with Crippen molar-refractivity contribution in [2.75, 3.05) is 0 Å². The normalized spacial score (nSPS) is 10.6. The molecule has 1 N–H and O–H groups in total.